The van der Waals surface area contributed by atoms with E-state index in [0.717, 1.165) is 88.4 Å². The van der Waals surface area contributed by atoms with Gasteiger partial charge in [0.1, 0.15) is 11.4 Å². The molecule has 0 aromatic rings. The normalized spacial score (nSPS) is 52.1. The Balaban J connectivity index is 0.000000152. The summed E-state index contributed by atoms with van der Waals surface area (Å²) in [5.41, 5.74) is 3.29. The lowest BCUT2D eigenvalue weighted by Crippen LogP contribution is -2.57. The zero-order chi connectivity index (χ0) is 34.4. The Labute approximate surface area is 291 Å². The minimum Gasteiger partial charge on any atom is -0.393 e. The third-order valence-electron chi connectivity index (χ3n) is 17.7. The Morgan fingerprint density at radius 2 is 1.19 bits per heavy atom. The summed E-state index contributed by atoms with van der Waals surface area (Å²) in [6.45, 7) is 13.2. The number of allylic oxidation sites excluding steroid dienone is 2. The summed E-state index contributed by atoms with van der Waals surface area (Å²) < 4.78 is 5.96. The SMILES string of the molecule is CC(=O)[C@H]1CCC2C3CC=C4C[C@@H](O)CC[C@]4(C)C3CC[C@@]21C.COC1(C(C)=O)CCC2C3CC=C4C[C@@H](O)CC[C@]4(C)C3CC[C@@]21C. The maximum Gasteiger partial charge on any atom is 0.162 e. The van der Waals surface area contributed by atoms with E-state index in [1.165, 1.54) is 37.7 Å². The molecule has 0 amide bonds. The van der Waals surface area contributed by atoms with Crippen LogP contribution in [0, 0.1) is 63.1 Å². The second kappa shape index (κ2) is 12.1. The highest BCUT2D eigenvalue weighted by molar-refractivity contribution is 5.86. The molecule has 8 rings (SSSR count). The van der Waals surface area contributed by atoms with Crippen molar-refractivity contribution in [3.05, 3.63) is 23.3 Å². The monoisotopic (exact) mass is 662 g/mol. The molecule has 8 aliphatic carbocycles. The fraction of sp³-hybridized carbons (Fsp3) is 0.860. The third-order valence-corrected chi connectivity index (χ3v) is 17.7. The average Bonchev–Trinajstić information content (AvgIpc) is 3.56. The molecule has 5 heteroatoms. The number of methoxy groups -OCH3 is 1. The standard InChI is InChI=1S/C22H34O3.C21H32O2/c1-14(23)22(25-4)12-9-19-17-6-5-15-13-16(24)7-10-20(15,2)18(17)8-11-21(19,22)3;1-13(22)17-6-7-18-16-5-4-14-12-15(23)8-10-20(14,2)19(16)9-11-21(17,18)3/h5,16-19,24H,6-13H2,1-4H3;4,15-19,23H,5-12H2,1-3H3/t16-,17?,18?,19?,20-,21-,22?;15-,16?,17+,18?,19?,20-,21+/m00/s1. The van der Waals surface area contributed by atoms with Crippen molar-refractivity contribution in [3.63, 3.8) is 0 Å². The topological polar surface area (TPSA) is 83.8 Å². The number of rotatable bonds is 3. The van der Waals surface area contributed by atoms with Crippen LogP contribution in [-0.4, -0.2) is 46.7 Å². The molecule has 0 bridgehead atoms. The Bertz CT molecular complexity index is 1360. The molecule has 7 unspecified atom stereocenters. The molecule has 0 spiro atoms. The van der Waals surface area contributed by atoms with Gasteiger partial charge in [0.2, 0.25) is 0 Å². The molecule has 2 N–H and O–H groups in total. The largest absolute Gasteiger partial charge is 0.393 e. The predicted molar refractivity (Wildman–Crippen MR) is 190 cm³/mol. The lowest BCUT2D eigenvalue weighted by atomic mass is 9.46. The predicted octanol–water partition coefficient (Wildman–Crippen LogP) is 8.80. The van der Waals surface area contributed by atoms with Crippen LogP contribution in [0.2, 0.25) is 0 Å². The molecule has 48 heavy (non-hydrogen) atoms. The quantitative estimate of drug-likeness (QED) is 0.295. The van der Waals surface area contributed by atoms with Crippen LogP contribution in [0.3, 0.4) is 0 Å². The molecular formula is C43H66O5. The molecule has 0 heterocycles. The Morgan fingerprint density at radius 3 is 1.71 bits per heavy atom. The second-order valence-electron chi connectivity index (χ2n) is 19.2. The summed E-state index contributed by atoms with van der Waals surface area (Å²) in [4.78, 5) is 24.7. The number of hydrogen-bond donors (Lipinski definition) is 2. The van der Waals surface area contributed by atoms with Crippen LogP contribution in [0.25, 0.3) is 0 Å². The highest BCUT2D eigenvalue weighted by atomic mass is 16.5. The van der Waals surface area contributed by atoms with Gasteiger partial charge in [0.05, 0.1) is 12.2 Å². The summed E-state index contributed by atoms with van der Waals surface area (Å²) in [5.74, 6) is 5.18. The van der Waals surface area contributed by atoms with Gasteiger partial charge < -0.3 is 14.9 Å². The highest BCUT2D eigenvalue weighted by Crippen LogP contribution is 2.69. The molecule has 6 saturated carbocycles. The number of carbonyl (C=O) groups excluding carboxylic acids is 2. The van der Waals surface area contributed by atoms with Gasteiger partial charge in [-0.05, 0) is 168 Å². The first-order valence-electron chi connectivity index (χ1n) is 20.0. The van der Waals surface area contributed by atoms with E-state index in [1.54, 1.807) is 19.6 Å². The second-order valence-corrected chi connectivity index (χ2v) is 19.2. The van der Waals surface area contributed by atoms with Crippen molar-refractivity contribution in [1.29, 1.82) is 0 Å². The lowest BCUT2D eigenvalue weighted by molar-refractivity contribution is -0.167. The number of carbonyl (C=O) groups is 2. The molecule has 0 aliphatic heterocycles. The molecular weight excluding hydrogens is 596 g/mol. The van der Waals surface area contributed by atoms with E-state index in [0.29, 0.717) is 34.9 Å². The lowest BCUT2D eigenvalue weighted by Gasteiger charge is -2.59. The van der Waals surface area contributed by atoms with Gasteiger partial charge in [0, 0.05) is 18.4 Å². The van der Waals surface area contributed by atoms with Crippen LogP contribution in [0.15, 0.2) is 23.3 Å². The minimum absolute atomic E-state index is 0.0232. The Hall–Kier alpha value is -1.30. The number of fused-ring (bicyclic) bond motifs is 10. The van der Waals surface area contributed by atoms with Crippen LogP contribution >= 0.6 is 0 Å². The van der Waals surface area contributed by atoms with Crippen molar-refractivity contribution in [2.45, 2.75) is 162 Å². The van der Waals surface area contributed by atoms with Crippen LogP contribution in [0.5, 0.6) is 0 Å². The minimum atomic E-state index is -0.573. The number of ketones is 2. The molecule has 14 atom stereocenters. The highest BCUT2D eigenvalue weighted by Gasteiger charge is 2.66. The number of aliphatic hydroxyl groups is 2. The van der Waals surface area contributed by atoms with Crippen molar-refractivity contribution in [1.82, 2.24) is 0 Å². The first kappa shape index (κ1) is 35.1. The first-order valence-corrected chi connectivity index (χ1v) is 20.0. The summed E-state index contributed by atoms with van der Waals surface area (Å²) in [6, 6.07) is 0. The van der Waals surface area contributed by atoms with E-state index in [4.69, 9.17) is 4.74 Å². The van der Waals surface area contributed by atoms with Crippen molar-refractivity contribution in [3.8, 4) is 0 Å². The van der Waals surface area contributed by atoms with Gasteiger partial charge >= 0.3 is 0 Å². The maximum atomic E-state index is 12.6. The zero-order valence-electron chi connectivity index (χ0n) is 31.3. The number of aliphatic hydroxyl groups excluding tert-OH is 2. The molecule has 5 nitrogen and oxygen atoms in total. The van der Waals surface area contributed by atoms with E-state index >= 15 is 0 Å². The molecule has 6 fully saturated rings. The van der Waals surface area contributed by atoms with Gasteiger partial charge in [-0.25, -0.2) is 0 Å². The fourth-order valence-corrected chi connectivity index (χ4v) is 15.0. The Morgan fingerprint density at radius 1 is 0.667 bits per heavy atom. The fourth-order valence-electron chi connectivity index (χ4n) is 15.0. The van der Waals surface area contributed by atoms with Crippen molar-refractivity contribution < 1.29 is 24.5 Å². The molecule has 8 aliphatic rings. The Kier molecular flexibility index (Phi) is 8.89. The third kappa shape index (κ3) is 4.92. The van der Waals surface area contributed by atoms with E-state index in [9.17, 15) is 19.8 Å². The number of hydrogen-bond acceptors (Lipinski definition) is 5. The van der Waals surface area contributed by atoms with Gasteiger partial charge in [0.25, 0.3) is 0 Å². The summed E-state index contributed by atoms with van der Waals surface area (Å²) in [6.07, 6.45) is 22.1. The molecule has 0 aromatic heterocycles. The average molecular weight is 663 g/mol. The smallest absolute Gasteiger partial charge is 0.162 e. The van der Waals surface area contributed by atoms with Crippen LogP contribution in [0.4, 0.5) is 0 Å². The summed E-state index contributed by atoms with van der Waals surface area (Å²) in [5, 5.41) is 20.2. The van der Waals surface area contributed by atoms with Crippen molar-refractivity contribution >= 4 is 11.6 Å². The summed E-state index contributed by atoms with van der Waals surface area (Å²) >= 11 is 0. The van der Waals surface area contributed by atoms with Gasteiger partial charge in [0.15, 0.2) is 5.78 Å². The zero-order valence-corrected chi connectivity index (χ0v) is 31.3. The van der Waals surface area contributed by atoms with Crippen LogP contribution < -0.4 is 0 Å². The number of Topliss-reactive ketones (excluding diaryl/α,β-unsaturated/α-hetero) is 2. The van der Waals surface area contributed by atoms with Gasteiger partial charge in [-0.2, -0.15) is 0 Å². The van der Waals surface area contributed by atoms with Crippen LogP contribution in [-0.2, 0) is 14.3 Å². The molecule has 0 aromatic carbocycles. The van der Waals surface area contributed by atoms with Gasteiger partial charge in [-0.3, -0.25) is 9.59 Å². The van der Waals surface area contributed by atoms with E-state index in [1.807, 2.05) is 6.92 Å². The molecule has 0 radical (unpaired) electrons. The summed E-state index contributed by atoms with van der Waals surface area (Å²) in [7, 11) is 1.74. The van der Waals surface area contributed by atoms with Crippen molar-refractivity contribution in [2.75, 3.05) is 7.11 Å². The van der Waals surface area contributed by atoms with Gasteiger partial charge in [-0.1, -0.05) is 51.0 Å². The first-order chi connectivity index (χ1) is 22.6. The van der Waals surface area contributed by atoms with Gasteiger partial charge in [-0.15, -0.1) is 0 Å². The molecule has 268 valence electrons. The maximum absolute atomic E-state index is 12.6. The van der Waals surface area contributed by atoms with Crippen LogP contribution in [0.1, 0.15) is 144 Å². The van der Waals surface area contributed by atoms with E-state index in [-0.39, 0.29) is 34.2 Å². The van der Waals surface area contributed by atoms with E-state index < -0.39 is 5.60 Å². The van der Waals surface area contributed by atoms with Crippen molar-refractivity contribution in [2.24, 2.45) is 63.1 Å². The molecule has 0 saturated heterocycles. The number of ether oxygens (including phenoxy) is 1. The van der Waals surface area contributed by atoms with E-state index in [2.05, 4.69) is 39.8 Å².